The zero-order valence-corrected chi connectivity index (χ0v) is 12.2. The minimum absolute atomic E-state index is 0.671. The Morgan fingerprint density at radius 1 is 1.05 bits per heavy atom. The molecular formula is C16H25NO2. The molecule has 1 fully saturated rings. The molecule has 0 heterocycles. The molecule has 3 heteroatoms. The Kier molecular flexibility index (Phi) is 5.08. The number of nitrogens with one attached hydrogen (secondary N) is 1. The first-order valence-electron chi connectivity index (χ1n) is 7.17. The SMILES string of the molecule is COc1ccc(CNC2CCC(C)CC2)cc1OC. The molecule has 3 nitrogen and oxygen atoms in total. The molecule has 2 rings (SSSR count). The topological polar surface area (TPSA) is 30.5 Å². The van der Waals surface area contributed by atoms with Gasteiger partial charge in [-0.15, -0.1) is 0 Å². The summed E-state index contributed by atoms with van der Waals surface area (Å²) >= 11 is 0. The van der Waals surface area contributed by atoms with Crippen LogP contribution >= 0.6 is 0 Å². The van der Waals surface area contributed by atoms with Crippen LogP contribution in [0.25, 0.3) is 0 Å². The van der Waals surface area contributed by atoms with Gasteiger partial charge in [0.05, 0.1) is 14.2 Å². The quantitative estimate of drug-likeness (QED) is 0.883. The molecular weight excluding hydrogens is 238 g/mol. The summed E-state index contributed by atoms with van der Waals surface area (Å²) in [4.78, 5) is 0. The highest BCUT2D eigenvalue weighted by molar-refractivity contribution is 5.42. The Morgan fingerprint density at radius 3 is 2.37 bits per heavy atom. The van der Waals surface area contributed by atoms with Crippen molar-refractivity contribution in [3.8, 4) is 11.5 Å². The minimum Gasteiger partial charge on any atom is -0.493 e. The summed E-state index contributed by atoms with van der Waals surface area (Å²) in [5, 5.41) is 3.65. The highest BCUT2D eigenvalue weighted by Crippen LogP contribution is 2.28. The van der Waals surface area contributed by atoms with Crippen molar-refractivity contribution in [3.63, 3.8) is 0 Å². The van der Waals surface area contributed by atoms with Crippen molar-refractivity contribution in [3.05, 3.63) is 23.8 Å². The van der Waals surface area contributed by atoms with Crippen molar-refractivity contribution < 1.29 is 9.47 Å². The average Bonchev–Trinajstić information content (AvgIpc) is 2.46. The lowest BCUT2D eigenvalue weighted by Crippen LogP contribution is -2.32. The van der Waals surface area contributed by atoms with E-state index in [4.69, 9.17) is 9.47 Å². The summed E-state index contributed by atoms with van der Waals surface area (Å²) in [6.45, 7) is 3.25. The Morgan fingerprint density at radius 2 is 1.74 bits per heavy atom. The molecule has 0 unspecified atom stereocenters. The molecule has 0 amide bonds. The van der Waals surface area contributed by atoms with E-state index in [1.54, 1.807) is 14.2 Å². The van der Waals surface area contributed by atoms with Gasteiger partial charge < -0.3 is 14.8 Å². The molecule has 1 N–H and O–H groups in total. The van der Waals surface area contributed by atoms with Gasteiger partial charge in [0, 0.05) is 12.6 Å². The van der Waals surface area contributed by atoms with Gasteiger partial charge >= 0.3 is 0 Å². The molecule has 1 saturated carbocycles. The van der Waals surface area contributed by atoms with Crippen LogP contribution in [0.15, 0.2) is 18.2 Å². The maximum Gasteiger partial charge on any atom is 0.161 e. The second-order valence-corrected chi connectivity index (χ2v) is 5.53. The number of methoxy groups -OCH3 is 2. The molecule has 0 aliphatic heterocycles. The Bertz CT molecular complexity index is 398. The van der Waals surface area contributed by atoms with Crippen LogP contribution in [-0.2, 0) is 6.54 Å². The van der Waals surface area contributed by atoms with Crippen LogP contribution in [0.5, 0.6) is 11.5 Å². The van der Waals surface area contributed by atoms with Crippen molar-refractivity contribution in [1.29, 1.82) is 0 Å². The molecule has 0 spiro atoms. The third-order valence-corrected chi connectivity index (χ3v) is 4.06. The fraction of sp³-hybridized carbons (Fsp3) is 0.625. The summed E-state index contributed by atoms with van der Waals surface area (Å²) in [6, 6.07) is 6.79. The Balaban J connectivity index is 1.89. The number of ether oxygens (including phenoxy) is 2. The zero-order chi connectivity index (χ0) is 13.7. The van der Waals surface area contributed by atoms with Crippen LogP contribution in [0.2, 0.25) is 0 Å². The lowest BCUT2D eigenvalue weighted by atomic mass is 9.87. The van der Waals surface area contributed by atoms with Gasteiger partial charge in [0.2, 0.25) is 0 Å². The first kappa shape index (κ1) is 14.2. The molecule has 19 heavy (non-hydrogen) atoms. The maximum atomic E-state index is 5.33. The fourth-order valence-corrected chi connectivity index (χ4v) is 2.72. The Labute approximate surface area is 116 Å². The highest BCUT2D eigenvalue weighted by Gasteiger charge is 2.17. The van der Waals surface area contributed by atoms with Crippen molar-refractivity contribution in [2.24, 2.45) is 5.92 Å². The maximum absolute atomic E-state index is 5.33. The van der Waals surface area contributed by atoms with Gasteiger partial charge in [-0.3, -0.25) is 0 Å². The van der Waals surface area contributed by atoms with E-state index in [1.165, 1.54) is 31.2 Å². The summed E-state index contributed by atoms with van der Waals surface area (Å²) in [5.41, 5.74) is 1.25. The fourth-order valence-electron chi connectivity index (χ4n) is 2.72. The van der Waals surface area contributed by atoms with E-state index in [9.17, 15) is 0 Å². The highest BCUT2D eigenvalue weighted by atomic mass is 16.5. The standard InChI is InChI=1S/C16H25NO2/c1-12-4-7-14(8-5-12)17-11-13-6-9-15(18-2)16(10-13)19-3/h6,9-10,12,14,17H,4-5,7-8,11H2,1-3H3. The Hall–Kier alpha value is -1.22. The molecule has 1 aromatic carbocycles. The van der Waals surface area contributed by atoms with Gasteiger partial charge in [-0.05, 0) is 49.3 Å². The van der Waals surface area contributed by atoms with Gasteiger partial charge in [-0.2, -0.15) is 0 Å². The number of hydrogen-bond acceptors (Lipinski definition) is 3. The largest absolute Gasteiger partial charge is 0.493 e. The molecule has 0 saturated heterocycles. The first-order valence-corrected chi connectivity index (χ1v) is 7.17. The van der Waals surface area contributed by atoms with Gasteiger partial charge in [-0.1, -0.05) is 13.0 Å². The van der Waals surface area contributed by atoms with Crippen LogP contribution in [-0.4, -0.2) is 20.3 Å². The van der Waals surface area contributed by atoms with Crippen molar-refractivity contribution >= 4 is 0 Å². The van der Waals surface area contributed by atoms with Crippen LogP contribution in [0.3, 0.4) is 0 Å². The van der Waals surface area contributed by atoms with E-state index in [2.05, 4.69) is 24.4 Å². The smallest absolute Gasteiger partial charge is 0.161 e. The monoisotopic (exact) mass is 263 g/mol. The van der Waals surface area contributed by atoms with Gasteiger partial charge in [-0.25, -0.2) is 0 Å². The predicted octanol–water partition coefficient (Wildman–Crippen LogP) is 3.37. The molecule has 0 radical (unpaired) electrons. The van der Waals surface area contributed by atoms with E-state index in [0.29, 0.717) is 6.04 Å². The van der Waals surface area contributed by atoms with Crippen LogP contribution in [0.4, 0.5) is 0 Å². The molecule has 1 aliphatic carbocycles. The van der Waals surface area contributed by atoms with Crippen molar-refractivity contribution in [2.45, 2.75) is 45.2 Å². The summed E-state index contributed by atoms with van der Waals surface area (Å²) in [6.07, 6.45) is 5.30. The van der Waals surface area contributed by atoms with E-state index in [1.807, 2.05) is 6.07 Å². The molecule has 0 aromatic heterocycles. The van der Waals surface area contributed by atoms with Crippen LogP contribution in [0, 0.1) is 5.92 Å². The van der Waals surface area contributed by atoms with Crippen molar-refractivity contribution in [1.82, 2.24) is 5.32 Å². The second-order valence-electron chi connectivity index (χ2n) is 5.53. The van der Waals surface area contributed by atoms with E-state index in [-0.39, 0.29) is 0 Å². The predicted molar refractivity (Wildman–Crippen MR) is 77.8 cm³/mol. The number of hydrogen-bond donors (Lipinski definition) is 1. The van der Waals surface area contributed by atoms with Gasteiger partial charge in [0.15, 0.2) is 11.5 Å². The van der Waals surface area contributed by atoms with E-state index < -0.39 is 0 Å². The molecule has 106 valence electrons. The van der Waals surface area contributed by atoms with E-state index in [0.717, 1.165) is 24.0 Å². The third kappa shape index (κ3) is 3.87. The second kappa shape index (κ2) is 6.80. The third-order valence-electron chi connectivity index (χ3n) is 4.06. The molecule has 0 bridgehead atoms. The van der Waals surface area contributed by atoms with Gasteiger partial charge in [0.1, 0.15) is 0 Å². The van der Waals surface area contributed by atoms with Crippen LogP contribution < -0.4 is 14.8 Å². The summed E-state index contributed by atoms with van der Waals surface area (Å²) < 4.78 is 10.6. The lowest BCUT2D eigenvalue weighted by molar-refractivity contribution is 0.306. The van der Waals surface area contributed by atoms with Crippen molar-refractivity contribution in [2.75, 3.05) is 14.2 Å². The lowest BCUT2D eigenvalue weighted by Gasteiger charge is -2.27. The number of benzene rings is 1. The molecule has 1 aliphatic rings. The average molecular weight is 263 g/mol. The summed E-state index contributed by atoms with van der Waals surface area (Å²) in [5.74, 6) is 2.50. The minimum atomic E-state index is 0.671. The normalized spacial score (nSPS) is 23.1. The number of rotatable bonds is 5. The first-order chi connectivity index (χ1) is 9.22. The van der Waals surface area contributed by atoms with Gasteiger partial charge in [0.25, 0.3) is 0 Å². The van der Waals surface area contributed by atoms with Crippen LogP contribution in [0.1, 0.15) is 38.2 Å². The molecule has 1 aromatic rings. The van der Waals surface area contributed by atoms with E-state index >= 15 is 0 Å². The molecule has 0 atom stereocenters. The zero-order valence-electron chi connectivity index (χ0n) is 12.2. The summed E-state index contributed by atoms with van der Waals surface area (Å²) in [7, 11) is 3.34.